The minimum atomic E-state index is -0.270. The van der Waals surface area contributed by atoms with Gasteiger partial charge in [-0.05, 0) is 55.2 Å². The number of amides is 1. The van der Waals surface area contributed by atoms with Gasteiger partial charge in [-0.25, -0.2) is 0 Å². The van der Waals surface area contributed by atoms with E-state index in [-0.39, 0.29) is 24.3 Å². The Labute approximate surface area is 193 Å². The van der Waals surface area contributed by atoms with Gasteiger partial charge in [-0.3, -0.25) is 4.79 Å². The second kappa shape index (κ2) is 10.2. The summed E-state index contributed by atoms with van der Waals surface area (Å²) in [7, 11) is 5.59. The predicted octanol–water partition coefficient (Wildman–Crippen LogP) is 5.05. The maximum absolute atomic E-state index is 12.7. The first-order chi connectivity index (χ1) is 16.0. The number of carbonyl (C=O) groups is 1. The highest BCUT2D eigenvalue weighted by molar-refractivity contribution is 5.91. The number of fused-ring (bicyclic) bond motifs is 1. The second-order valence-corrected chi connectivity index (χ2v) is 7.99. The van der Waals surface area contributed by atoms with Crippen molar-refractivity contribution in [2.45, 2.75) is 12.6 Å². The lowest BCUT2D eigenvalue weighted by Crippen LogP contribution is -2.34. The van der Waals surface area contributed by atoms with Gasteiger partial charge in [0, 0.05) is 12.1 Å². The fourth-order valence-electron chi connectivity index (χ4n) is 3.78. The summed E-state index contributed by atoms with van der Waals surface area (Å²) in [6, 6.07) is 25.3. The fraction of sp³-hybridized carbons (Fsp3) is 0.222. The van der Waals surface area contributed by atoms with Gasteiger partial charge in [0.2, 0.25) is 0 Å². The second-order valence-electron chi connectivity index (χ2n) is 7.99. The number of furan rings is 1. The van der Waals surface area contributed by atoms with Gasteiger partial charge in [-0.2, -0.15) is 0 Å². The number of nitrogens with zero attached hydrogens (tertiary/aromatic N) is 1. The van der Waals surface area contributed by atoms with Crippen LogP contribution in [0.5, 0.6) is 11.5 Å². The maximum Gasteiger partial charge on any atom is 0.287 e. The van der Waals surface area contributed by atoms with E-state index < -0.39 is 0 Å². The smallest absolute Gasteiger partial charge is 0.287 e. The molecule has 0 aliphatic heterocycles. The zero-order valence-electron chi connectivity index (χ0n) is 19.1. The predicted molar refractivity (Wildman–Crippen MR) is 129 cm³/mol. The first-order valence-corrected chi connectivity index (χ1v) is 10.8. The lowest BCUT2D eigenvalue weighted by molar-refractivity contribution is 0.0909. The molecule has 1 unspecified atom stereocenters. The molecule has 0 saturated heterocycles. The van der Waals surface area contributed by atoms with Crippen LogP contribution in [-0.2, 0) is 6.61 Å². The van der Waals surface area contributed by atoms with E-state index in [2.05, 4.69) is 11.4 Å². The van der Waals surface area contributed by atoms with Crippen LogP contribution in [0.2, 0.25) is 0 Å². The normalized spacial score (nSPS) is 12.0. The summed E-state index contributed by atoms with van der Waals surface area (Å²) in [5.41, 5.74) is 1.01. The monoisotopic (exact) mass is 444 g/mol. The molecule has 1 amide bonds. The average Bonchev–Trinajstić information content (AvgIpc) is 3.32. The average molecular weight is 445 g/mol. The Morgan fingerprint density at radius 1 is 0.970 bits per heavy atom. The van der Waals surface area contributed by atoms with Crippen LogP contribution >= 0.6 is 0 Å². The minimum Gasteiger partial charge on any atom is -0.496 e. The van der Waals surface area contributed by atoms with Gasteiger partial charge in [0.05, 0.1) is 13.2 Å². The van der Waals surface area contributed by atoms with Crippen molar-refractivity contribution in [1.82, 2.24) is 10.2 Å². The first kappa shape index (κ1) is 22.4. The highest BCUT2D eigenvalue weighted by Gasteiger charge is 2.20. The molecule has 4 rings (SSSR count). The number of methoxy groups -OCH3 is 1. The molecular weight excluding hydrogens is 416 g/mol. The van der Waals surface area contributed by atoms with Crippen LogP contribution in [0.15, 0.2) is 83.3 Å². The molecule has 1 aromatic heterocycles. The molecule has 1 N–H and O–H groups in total. The van der Waals surface area contributed by atoms with E-state index in [9.17, 15) is 4.79 Å². The molecule has 33 heavy (non-hydrogen) atoms. The van der Waals surface area contributed by atoms with E-state index >= 15 is 0 Å². The lowest BCUT2D eigenvalue weighted by atomic mass is 10.0. The largest absolute Gasteiger partial charge is 0.496 e. The van der Waals surface area contributed by atoms with Crippen molar-refractivity contribution in [2.75, 3.05) is 27.7 Å². The number of nitrogens with one attached hydrogen (secondary N) is 1. The fourth-order valence-corrected chi connectivity index (χ4v) is 3.78. The van der Waals surface area contributed by atoms with Crippen LogP contribution < -0.4 is 14.8 Å². The van der Waals surface area contributed by atoms with Gasteiger partial charge in [0.1, 0.15) is 23.9 Å². The Bertz CT molecular complexity index is 1230. The van der Waals surface area contributed by atoms with Crippen molar-refractivity contribution in [3.8, 4) is 11.5 Å². The molecule has 0 spiro atoms. The van der Waals surface area contributed by atoms with Crippen molar-refractivity contribution in [3.05, 3.63) is 95.9 Å². The number of benzene rings is 3. The third-order valence-corrected chi connectivity index (χ3v) is 5.56. The van der Waals surface area contributed by atoms with Crippen molar-refractivity contribution in [1.29, 1.82) is 0 Å². The van der Waals surface area contributed by atoms with Crippen molar-refractivity contribution in [3.63, 3.8) is 0 Å². The van der Waals surface area contributed by atoms with Crippen LogP contribution in [0.1, 0.15) is 27.9 Å². The number of hydrogen-bond donors (Lipinski definition) is 1. The molecule has 1 atom stereocenters. The molecule has 0 radical (unpaired) electrons. The number of ether oxygens (including phenoxy) is 2. The summed E-state index contributed by atoms with van der Waals surface area (Å²) in [6.07, 6.45) is 0. The molecule has 0 bridgehead atoms. The third-order valence-electron chi connectivity index (χ3n) is 5.56. The van der Waals surface area contributed by atoms with Gasteiger partial charge in [0.15, 0.2) is 5.76 Å². The van der Waals surface area contributed by atoms with Crippen molar-refractivity contribution >= 4 is 16.7 Å². The molecular formula is C27H28N2O4. The number of para-hydroxylation sites is 1. The van der Waals surface area contributed by atoms with Gasteiger partial charge < -0.3 is 24.1 Å². The molecule has 0 saturated carbocycles. The van der Waals surface area contributed by atoms with Gasteiger partial charge in [0.25, 0.3) is 5.91 Å². The standard InChI is InChI=1S/C27H28N2O4/c1-29(2)24(23-10-6-7-11-25(23)31-3)17-28-27(30)26-15-14-22(33-26)18-32-21-13-12-19-8-4-5-9-20(19)16-21/h4-16,24H,17-18H2,1-3H3,(H,28,30). The summed E-state index contributed by atoms with van der Waals surface area (Å²) in [4.78, 5) is 14.7. The molecule has 170 valence electrons. The Morgan fingerprint density at radius 2 is 1.73 bits per heavy atom. The highest BCUT2D eigenvalue weighted by atomic mass is 16.5. The summed E-state index contributed by atoms with van der Waals surface area (Å²) in [6.45, 7) is 0.656. The Morgan fingerprint density at radius 3 is 2.52 bits per heavy atom. The molecule has 0 fully saturated rings. The van der Waals surface area contributed by atoms with E-state index in [1.54, 1.807) is 19.2 Å². The zero-order valence-corrected chi connectivity index (χ0v) is 19.1. The number of carbonyl (C=O) groups excluding carboxylic acids is 1. The summed E-state index contributed by atoms with van der Waals surface area (Å²) in [5.74, 6) is 2.11. The summed E-state index contributed by atoms with van der Waals surface area (Å²) < 4.78 is 17.1. The van der Waals surface area contributed by atoms with Crippen LogP contribution in [0.25, 0.3) is 10.8 Å². The first-order valence-electron chi connectivity index (χ1n) is 10.8. The van der Waals surface area contributed by atoms with Crippen LogP contribution in [0.4, 0.5) is 0 Å². The van der Waals surface area contributed by atoms with Gasteiger partial charge >= 0.3 is 0 Å². The molecule has 0 aliphatic rings. The molecule has 1 heterocycles. The Kier molecular flexibility index (Phi) is 6.95. The maximum atomic E-state index is 12.7. The molecule has 0 aliphatic carbocycles. The topological polar surface area (TPSA) is 63.9 Å². The number of likely N-dealkylation sites (N-methyl/N-ethyl adjacent to an activating group) is 1. The quantitative estimate of drug-likeness (QED) is 0.391. The Hall–Kier alpha value is -3.77. The number of rotatable bonds is 9. The SMILES string of the molecule is COc1ccccc1C(CNC(=O)c1ccc(COc2ccc3ccccc3c2)o1)N(C)C. The number of hydrogen-bond acceptors (Lipinski definition) is 5. The Balaban J connectivity index is 1.36. The summed E-state index contributed by atoms with van der Waals surface area (Å²) >= 11 is 0. The van der Waals surface area contributed by atoms with E-state index in [1.807, 2.05) is 79.7 Å². The van der Waals surface area contributed by atoms with Crippen molar-refractivity contribution < 1.29 is 18.7 Å². The van der Waals surface area contributed by atoms with E-state index in [1.165, 1.54) is 0 Å². The van der Waals surface area contributed by atoms with E-state index in [4.69, 9.17) is 13.9 Å². The van der Waals surface area contributed by atoms with Crippen LogP contribution in [0.3, 0.4) is 0 Å². The van der Waals surface area contributed by atoms with Crippen molar-refractivity contribution in [2.24, 2.45) is 0 Å². The third kappa shape index (κ3) is 5.35. The van der Waals surface area contributed by atoms with Crippen LogP contribution in [0, 0.1) is 0 Å². The molecule has 6 nitrogen and oxygen atoms in total. The highest BCUT2D eigenvalue weighted by Crippen LogP contribution is 2.27. The van der Waals surface area contributed by atoms with E-state index in [0.29, 0.717) is 12.3 Å². The van der Waals surface area contributed by atoms with Gasteiger partial charge in [-0.1, -0.05) is 48.5 Å². The minimum absolute atomic E-state index is 0.0456. The van der Waals surface area contributed by atoms with Gasteiger partial charge in [-0.15, -0.1) is 0 Å². The lowest BCUT2D eigenvalue weighted by Gasteiger charge is -2.26. The molecule has 3 aromatic carbocycles. The van der Waals surface area contributed by atoms with Crippen LogP contribution in [-0.4, -0.2) is 38.6 Å². The molecule has 4 aromatic rings. The van der Waals surface area contributed by atoms with E-state index in [0.717, 1.165) is 27.8 Å². The zero-order chi connectivity index (χ0) is 23.2. The molecule has 6 heteroatoms. The summed E-state index contributed by atoms with van der Waals surface area (Å²) in [5, 5.41) is 5.24.